The van der Waals surface area contributed by atoms with Crippen molar-refractivity contribution in [3.63, 3.8) is 0 Å². The summed E-state index contributed by atoms with van der Waals surface area (Å²) >= 11 is 18.6. The summed E-state index contributed by atoms with van der Waals surface area (Å²) in [6, 6.07) is 15.7. The van der Waals surface area contributed by atoms with Crippen LogP contribution in [0.3, 0.4) is 0 Å². The largest absolute Gasteiger partial charge is 0.497 e. The van der Waals surface area contributed by atoms with Crippen LogP contribution in [-0.2, 0) is 26.2 Å². The molecule has 0 aliphatic carbocycles. The minimum atomic E-state index is -4.25. The average Bonchev–Trinajstić information content (AvgIpc) is 2.90. The number of hydrogen-bond acceptors (Lipinski definition) is 5. The topological polar surface area (TPSA) is 96.0 Å². The molecule has 0 aliphatic rings. The lowest BCUT2D eigenvalue weighted by atomic mass is 10.1. The van der Waals surface area contributed by atoms with Gasteiger partial charge in [-0.25, -0.2) is 8.42 Å². The Morgan fingerprint density at radius 2 is 1.57 bits per heavy atom. The number of carbonyl (C=O) groups excluding carboxylic acids is 2. The zero-order valence-electron chi connectivity index (χ0n) is 22.4. The first kappa shape index (κ1) is 31.5. The van der Waals surface area contributed by atoms with Crippen LogP contribution in [0.2, 0.25) is 15.1 Å². The van der Waals surface area contributed by atoms with E-state index >= 15 is 0 Å². The van der Waals surface area contributed by atoms with Crippen LogP contribution in [-0.4, -0.2) is 50.9 Å². The van der Waals surface area contributed by atoms with Gasteiger partial charge in [-0.3, -0.25) is 13.9 Å². The highest BCUT2D eigenvalue weighted by molar-refractivity contribution is 7.92. The van der Waals surface area contributed by atoms with E-state index in [2.05, 4.69) is 5.32 Å². The van der Waals surface area contributed by atoms with Crippen LogP contribution < -0.4 is 14.4 Å². The van der Waals surface area contributed by atoms with Gasteiger partial charge < -0.3 is 15.0 Å². The molecule has 12 heteroatoms. The number of ether oxygens (including phenoxy) is 1. The molecule has 0 heterocycles. The number of rotatable bonds is 11. The average molecular weight is 627 g/mol. The molecular formula is C28H30Cl3N3O5S. The van der Waals surface area contributed by atoms with Gasteiger partial charge in [0.2, 0.25) is 11.8 Å². The van der Waals surface area contributed by atoms with Crippen LogP contribution in [0.1, 0.15) is 26.3 Å². The SMILES string of the molecule is COc1ccc(S(=O)(=O)N(CC(=O)N(Cc2ccc(Cl)cc2Cl)[C@H](C)C(=O)NC(C)C)c2cccc(Cl)c2)cc1. The normalized spacial score (nSPS) is 12.1. The van der Waals surface area contributed by atoms with E-state index < -0.39 is 34.4 Å². The van der Waals surface area contributed by atoms with Crippen molar-refractivity contribution in [2.24, 2.45) is 0 Å². The molecule has 0 bridgehead atoms. The van der Waals surface area contributed by atoms with Gasteiger partial charge in [-0.1, -0.05) is 46.9 Å². The fourth-order valence-electron chi connectivity index (χ4n) is 3.86. The highest BCUT2D eigenvalue weighted by Gasteiger charge is 2.33. The molecule has 2 amide bonds. The molecule has 0 saturated heterocycles. The van der Waals surface area contributed by atoms with Gasteiger partial charge in [-0.2, -0.15) is 0 Å². The number of nitrogens with zero attached hydrogens (tertiary/aromatic N) is 2. The molecule has 8 nitrogen and oxygen atoms in total. The summed E-state index contributed by atoms with van der Waals surface area (Å²) in [4.78, 5) is 28.1. The van der Waals surface area contributed by atoms with Gasteiger partial charge in [0, 0.05) is 27.7 Å². The molecule has 0 aliphatic heterocycles. The number of carbonyl (C=O) groups is 2. The second-order valence-corrected chi connectivity index (χ2v) is 12.4. The van der Waals surface area contributed by atoms with E-state index in [1.54, 1.807) is 45.0 Å². The Labute approximate surface area is 249 Å². The fourth-order valence-corrected chi connectivity index (χ4v) is 5.91. The quantitative estimate of drug-likeness (QED) is 0.291. The predicted molar refractivity (Wildman–Crippen MR) is 159 cm³/mol. The maximum absolute atomic E-state index is 13.9. The third kappa shape index (κ3) is 7.81. The predicted octanol–water partition coefficient (Wildman–Crippen LogP) is 5.79. The fraction of sp³-hybridized carbons (Fsp3) is 0.286. The molecule has 0 unspecified atom stereocenters. The molecule has 1 atom stereocenters. The van der Waals surface area contributed by atoms with Crippen molar-refractivity contribution in [1.82, 2.24) is 10.2 Å². The molecule has 3 aromatic carbocycles. The van der Waals surface area contributed by atoms with Gasteiger partial charge >= 0.3 is 0 Å². The van der Waals surface area contributed by atoms with Gasteiger partial charge in [0.25, 0.3) is 10.0 Å². The van der Waals surface area contributed by atoms with Gasteiger partial charge in [0.1, 0.15) is 18.3 Å². The van der Waals surface area contributed by atoms with E-state index in [1.165, 1.54) is 54.5 Å². The van der Waals surface area contributed by atoms with Gasteiger partial charge in [-0.05, 0) is 80.9 Å². The van der Waals surface area contributed by atoms with Crippen molar-refractivity contribution in [2.75, 3.05) is 18.0 Å². The molecule has 40 heavy (non-hydrogen) atoms. The number of amides is 2. The van der Waals surface area contributed by atoms with Crippen LogP contribution in [0.4, 0.5) is 5.69 Å². The van der Waals surface area contributed by atoms with E-state index in [-0.39, 0.29) is 28.2 Å². The van der Waals surface area contributed by atoms with Gasteiger partial charge in [0.15, 0.2) is 0 Å². The van der Waals surface area contributed by atoms with Crippen molar-refractivity contribution in [3.8, 4) is 5.75 Å². The van der Waals surface area contributed by atoms with Crippen molar-refractivity contribution in [1.29, 1.82) is 0 Å². The monoisotopic (exact) mass is 625 g/mol. The molecule has 3 aromatic rings. The number of benzene rings is 3. The molecule has 0 saturated carbocycles. The molecular weight excluding hydrogens is 597 g/mol. The minimum absolute atomic E-state index is 0.0565. The highest BCUT2D eigenvalue weighted by Crippen LogP contribution is 2.28. The summed E-state index contributed by atoms with van der Waals surface area (Å²) in [5, 5.41) is 3.80. The number of methoxy groups -OCH3 is 1. The Balaban J connectivity index is 2.05. The smallest absolute Gasteiger partial charge is 0.264 e. The Bertz CT molecular complexity index is 1470. The van der Waals surface area contributed by atoms with E-state index in [0.717, 1.165) is 4.31 Å². The zero-order valence-corrected chi connectivity index (χ0v) is 25.5. The number of hydrogen-bond donors (Lipinski definition) is 1. The molecule has 1 N–H and O–H groups in total. The highest BCUT2D eigenvalue weighted by atomic mass is 35.5. The van der Waals surface area contributed by atoms with E-state index in [0.29, 0.717) is 21.4 Å². The molecule has 0 spiro atoms. The first-order valence-corrected chi connectivity index (χ1v) is 14.9. The van der Waals surface area contributed by atoms with E-state index in [4.69, 9.17) is 39.5 Å². The Morgan fingerprint density at radius 1 is 0.925 bits per heavy atom. The van der Waals surface area contributed by atoms with E-state index in [1.807, 2.05) is 0 Å². The lowest BCUT2D eigenvalue weighted by Crippen LogP contribution is -2.52. The Morgan fingerprint density at radius 3 is 2.15 bits per heavy atom. The number of anilines is 1. The van der Waals surface area contributed by atoms with Crippen LogP contribution in [0.15, 0.2) is 71.6 Å². The summed E-state index contributed by atoms with van der Waals surface area (Å²) in [5.74, 6) is -0.560. The number of nitrogens with one attached hydrogen (secondary N) is 1. The molecule has 214 valence electrons. The first-order valence-electron chi connectivity index (χ1n) is 12.3. The summed E-state index contributed by atoms with van der Waals surface area (Å²) in [5.41, 5.74) is 0.719. The van der Waals surface area contributed by atoms with Crippen LogP contribution in [0.25, 0.3) is 0 Å². The van der Waals surface area contributed by atoms with E-state index in [9.17, 15) is 18.0 Å². The third-order valence-corrected chi connectivity index (χ3v) is 8.59. The number of halogens is 3. The summed E-state index contributed by atoms with van der Waals surface area (Å²) in [6.07, 6.45) is 0. The zero-order chi connectivity index (χ0) is 29.6. The van der Waals surface area contributed by atoms with Crippen LogP contribution in [0, 0.1) is 0 Å². The summed E-state index contributed by atoms with van der Waals surface area (Å²) < 4.78 is 33.8. The van der Waals surface area contributed by atoms with Crippen LogP contribution >= 0.6 is 34.8 Å². The second kappa shape index (κ2) is 13.6. The van der Waals surface area contributed by atoms with Gasteiger partial charge in [-0.15, -0.1) is 0 Å². The second-order valence-electron chi connectivity index (χ2n) is 9.26. The minimum Gasteiger partial charge on any atom is -0.497 e. The summed E-state index contributed by atoms with van der Waals surface area (Å²) in [7, 11) is -2.78. The lowest BCUT2D eigenvalue weighted by Gasteiger charge is -2.32. The first-order chi connectivity index (χ1) is 18.8. The van der Waals surface area contributed by atoms with Crippen molar-refractivity contribution in [3.05, 3.63) is 87.4 Å². The summed E-state index contributed by atoms with van der Waals surface area (Å²) in [6.45, 7) is 4.50. The maximum Gasteiger partial charge on any atom is 0.264 e. The van der Waals surface area contributed by atoms with Crippen molar-refractivity contribution >= 4 is 62.3 Å². The van der Waals surface area contributed by atoms with Crippen molar-refractivity contribution < 1.29 is 22.7 Å². The standard InChI is InChI=1S/C28H30Cl3N3O5S/c1-18(2)32-28(36)19(3)33(16-20-8-9-22(30)15-26(20)31)27(35)17-34(23-7-5-6-21(29)14-23)40(37,38)25-12-10-24(39-4)11-13-25/h5-15,18-19H,16-17H2,1-4H3,(H,32,36)/t19-/m1/s1. The van der Waals surface area contributed by atoms with Crippen molar-refractivity contribution in [2.45, 2.75) is 44.3 Å². The molecule has 3 rings (SSSR count). The Kier molecular flexibility index (Phi) is 10.7. The van der Waals surface area contributed by atoms with Gasteiger partial charge in [0.05, 0.1) is 17.7 Å². The van der Waals surface area contributed by atoms with Crippen LogP contribution in [0.5, 0.6) is 5.75 Å². The molecule has 0 fully saturated rings. The maximum atomic E-state index is 13.9. The number of sulfonamides is 1. The Hall–Kier alpha value is -2.98. The third-order valence-electron chi connectivity index (χ3n) is 5.98. The molecule has 0 radical (unpaired) electrons. The lowest BCUT2D eigenvalue weighted by molar-refractivity contribution is -0.139. The molecule has 0 aromatic heterocycles.